The predicted octanol–water partition coefficient (Wildman–Crippen LogP) is 5.04. The van der Waals surface area contributed by atoms with Crippen molar-refractivity contribution < 1.29 is 9.32 Å². The molecule has 0 aliphatic heterocycles. The maximum Gasteiger partial charge on any atom is 0.270 e. The van der Waals surface area contributed by atoms with Crippen LogP contribution in [0, 0.1) is 20.8 Å². The van der Waals surface area contributed by atoms with Crippen molar-refractivity contribution in [1.29, 1.82) is 0 Å². The fourth-order valence-corrected chi connectivity index (χ4v) is 3.70. The van der Waals surface area contributed by atoms with Crippen LogP contribution in [0.25, 0.3) is 22.2 Å². The molecule has 0 aliphatic carbocycles. The second-order valence-electron chi connectivity index (χ2n) is 6.55. The lowest BCUT2D eigenvalue weighted by Gasteiger charge is -2.02. The Morgan fingerprint density at radius 2 is 1.75 bits per heavy atom. The average molecular weight is 390 g/mol. The number of thiazole rings is 1. The van der Waals surface area contributed by atoms with Gasteiger partial charge in [0.1, 0.15) is 4.88 Å². The molecule has 0 aliphatic rings. The van der Waals surface area contributed by atoms with E-state index in [-0.39, 0.29) is 5.91 Å². The summed E-state index contributed by atoms with van der Waals surface area (Å²) >= 11 is 1.31. The second-order valence-corrected chi connectivity index (χ2v) is 7.55. The van der Waals surface area contributed by atoms with E-state index in [4.69, 9.17) is 4.52 Å². The van der Waals surface area contributed by atoms with Crippen LogP contribution in [0.4, 0.5) is 5.13 Å². The van der Waals surface area contributed by atoms with Crippen molar-refractivity contribution >= 4 is 22.4 Å². The third-order valence-electron chi connectivity index (χ3n) is 4.19. The topological polar surface area (TPSA) is 80.9 Å². The number of hydrogen-bond donors (Lipinski definition) is 1. The van der Waals surface area contributed by atoms with Gasteiger partial charge in [-0.15, -0.1) is 0 Å². The van der Waals surface area contributed by atoms with Crippen molar-refractivity contribution in [2.45, 2.75) is 20.8 Å². The van der Waals surface area contributed by atoms with Crippen LogP contribution in [-0.4, -0.2) is 21.0 Å². The fourth-order valence-electron chi connectivity index (χ4n) is 2.82. The molecule has 0 saturated heterocycles. The molecule has 0 fully saturated rings. The lowest BCUT2D eigenvalue weighted by molar-refractivity contribution is 0.102. The van der Waals surface area contributed by atoms with E-state index < -0.39 is 0 Å². The number of carbonyl (C=O) groups excluding carboxylic acids is 1. The molecule has 7 heteroatoms. The summed E-state index contributed by atoms with van der Waals surface area (Å²) in [4.78, 5) is 22.1. The van der Waals surface area contributed by atoms with Gasteiger partial charge in [-0.3, -0.25) is 10.1 Å². The Balaban J connectivity index is 1.57. The van der Waals surface area contributed by atoms with Gasteiger partial charge in [0.2, 0.25) is 5.82 Å². The summed E-state index contributed by atoms with van der Waals surface area (Å²) in [7, 11) is 0. The van der Waals surface area contributed by atoms with E-state index in [1.54, 1.807) is 6.07 Å². The Labute approximate surface area is 166 Å². The van der Waals surface area contributed by atoms with Crippen molar-refractivity contribution in [2.75, 3.05) is 5.32 Å². The third-order valence-corrected chi connectivity index (χ3v) is 5.25. The molecule has 1 amide bonds. The van der Waals surface area contributed by atoms with Crippen LogP contribution in [-0.2, 0) is 0 Å². The molecular weight excluding hydrogens is 372 g/mol. The second kappa shape index (κ2) is 7.36. The first-order valence-electron chi connectivity index (χ1n) is 8.76. The van der Waals surface area contributed by atoms with Crippen molar-refractivity contribution in [3.63, 3.8) is 0 Å². The van der Waals surface area contributed by atoms with Crippen molar-refractivity contribution in [2.24, 2.45) is 0 Å². The monoisotopic (exact) mass is 390 g/mol. The summed E-state index contributed by atoms with van der Waals surface area (Å²) in [6, 6.07) is 15.3. The summed E-state index contributed by atoms with van der Waals surface area (Å²) in [5.74, 6) is 0.717. The van der Waals surface area contributed by atoms with Crippen molar-refractivity contribution in [3.8, 4) is 22.2 Å². The summed E-state index contributed by atoms with van der Waals surface area (Å²) in [6.45, 7) is 5.82. The van der Waals surface area contributed by atoms with Gasteiger partial charge < -0.3 is 4.52 Å². The summed E-state index contributed by atoms with van der Waals surface area (Å²) in [6.07, 6.45) is 0. The van der Waals surface area contributed by atoms with E-state index in [0.29, 0.717) is 22.4 Å². The standard InChI is InChI=1S/C21H18N4O2S/c1-12-6-4-8-15(10-12)18-23-20(27-25-18)17-14(3)22-21(28-17)24-19(26)16-9-5-7-13(2)11-16/h4-11H,1-3H3,(H,22,24,26). The van der Waals surface area contributed by atoms with Crippen LogP contribution >= 0.6 is 11.3 Å². The molecule has 2 aromatic heterocycles. The van der Waals surface area contributed by atoms with Gasteiger partial charge in [-0.25, -0.2) is 4.98 Å². The van der Waals surface area contributed by atoms with Gasteiger partial charge >= 0.3 is 0 Å². The van der Waals surface area contributed by atoms with E-state index in [9.17, 15) is 4.79 Å². The maximum atomic E-state index is 12.4. The zero-order chi connectivity index (χ0) is 19.7. The number of rotatable bonds is 4. The molecule has 0 atom stereocenters. The van der Waals surface area contributed by atoms with Crippen LogP contribution in [0.5, 0.6) is 0 Å². The smallest absolute Gasteiger partial charge is 0.270 e. The fraction of sp³-hybridized carbons (Fsp3) is 0.143. The average Bonchev–Trinajstić information content (AvgIpc) is 3.28. The molecule has 4 rings (SSSR count). The molecule has 28 heavy (non-hydrogen) atoms. The molecule has 4 aromatic rings. The number of nitrogens with one attached hydrogen (secondary N) is 1. The molecule has 0 spiro atoms. The van der Waals surface area contributed by atoms with Crippen molar-refractivity contribution in [1.82, 2.24) is 15.1 Å². The van der Waals surface area contributed by atoms with Gasteiger partial charge in [-0.05, 0) is 39.0 Å². The first kappa shape index (κ1) is 18.1. The van der Waals surface area contributed by atoms with E-state index in [2.05, 4.69) is 20.4 Å². The van der Waals surface area contributed by atoms with E-state index in [0.717, 1.165) is 27.3 Å². The Hall–Kier alpha value is -3.32. The molecule has 140 valence electrons. The molecule has 0 bridgehead atoms. The van der Waals surface area contributed by atoms with E-state index in [1.807, 2.05) is 63.2 Å². The highest BCUT2D eigenvalue weighted by atomic mass is 32.1. The Bertz CT molecular complexity index is 1160. The van der Waals surface area contributed by atoms with E-state index in [1.165, 1.54) is 11.3 Å². The molecule has 6 nitrogen and oxygen atoms in total. The zero-order valence-electron chi connectivity index (χ0n) is 15.7. The number of carbonyl (C=O) groups is 1. The number of aryl methyl sites for hydroxylation is 3. The van der Waals surface area contributed by atoms with Gasteiger partial charge in [0, 0.05) is 11.1 Å². The third kappa shape index (κ3) is 3.70. The Morgan fingerprint density at radius 3 is 2.50 bits per heavy atom. The minimum atomic E-state index is -0.199. The molecule has 0 radical (unpaired) electrons. The molecular formula is C21H18N4O2S. The van der Waals surface area contributed by atoms with Crippen LogP contribution in [0.2, 0.25) is 0 Å². The Kier molecular flexibility index (Phi) is 4.75. The van der Waals surface area contributed by atoms with Crippen LogP contribution in [0.3, 0.4) is 0 Å². The first-order chi connectivity index (χ1) is 13.5. The summed E-state index contributed by atoms with van der Waals surface area (Å²) in [5, 5.41) is 7.41. The quantitative estimate of drug-likeness (QED) is 0.528. The maximum absolute atomic E-state index is 12.4. The lowest BCUT2D eigenvalue weighted by atomic mass is 10.1. The zero-order valence-corrected chi connectivity index (χ0v) is 16.5. The van der Waals surface area contributed by atoms with Gasteiger partial charge in [-0.1, -0.05) is 58.0 Å². The number of nitrogens with zero attached hydrogens (tertiary/aromatic N) is 3. The highest BCUT2D eigenvalue weighted by Gasteiger charge is 2.18. The molecule has 0 unspecified atom stereocenters. The molecule has 0 saturated carbocycles. The minimum Gasteiger partial charge on any atom is -0.333 e. The van der Waals surface area contributed by atoms with Gasteiger partial charge in [0.25, 0.3) is 11.8 Å². The largest absolute Gasteiger partial charge is 0.333 e. The number of anilines is 1. The van der Waals surface area contributed by atoms with Crippen LogP contribution < -0.4 is 5.32 Å². The van der Waals surface area contributed by atoms with Gasteiger partial charge in [-0.2, -0.15) is 4.98 Å². The molecule has 2 heterocycles. The number of hydrogen-bond acceptors (Lipinski definition) is 6. The highest BCUT2D eigenvalue weighted by Crippen LogP contribution is 2.33. The van der Waals surface area contributed by atoms with Gasteiger partial charge in [0.15, 0.2) is 5.13 Å². The van der Waals surface area contributed by atoms with Crippen LogP contribution in [0.1, 0.15) is 27.2 Å². The summed E-state index contributed by atoms with van der Waals surface area (Å²) in [5.41, 5.74) is 4.36. The minimum absolute atomic E-state index is 0.199. The van der Waals surface area contributed by atoms with Crippen molar-refractivity contribution in [3.05, 3.63) is 70.9 Å². The highest BCUT2D eigenvalue weighted by molar-refractivity contribution is 7.19. The number of benzene rings is 2. The van der Waals surface area contributed by atoms with Crippen LogP contribution in [0.15, 0.2) is 53.1 Å². The normalized spacial score (nSPS) is 10.8. The molecule has 1 N–H and O–H groups in total. The lowest BCUT2D eigenvalue weighted by Crippen LogP contribution is -2.11. The Morgan fingerprint density at radius 1 is 1.00 bits per heavy atom. The van der Waals surface area contributed by atoms with E-state index >= 15 is 0 Å². The first-order valence-corrected chi connectivity index (χ1v) is 9.58. The van der Waals surface area contributed by atoms with Gasteiger partial charge in [0.05, 0.1) is 5.69 Å². The number of aromatic nitrogens is 3. The number of amides is 1. The summed E-state index contributed by atoms with van der Waals surface area (Å²) < 4.78 is 5.44. The SMILES string of the molecule is Cc1cccc(C(=O)Nc2nc(C)c(-c3nc(-c4cccc(C)c4)no3)s2)c1. The predicted molar refractivity (Wildman–Crippen MR) is 109 cm³/mol. The molecule has 2 aromatic carbocycles.